The molecule has 0 N–H and O–H groups in total. The Morgan fingerprint density at radius 3 is 1.38 bits per heavy atom. The van der Waals surface area contributed by atoms with Crippen LogP contribution in [-0.2, 0) is 12.8 Å². The van der Waals surface area contributed by atoms with E-state index in [4.69, 9.17) is 0 Å². The van der Waals surface area contributed by atoms with Crippen molar-refractivity contribution in [3.63, 3.8) is 0 Å². The van der Waals surface area contributed by atoms with Crippen LogP contribution in [0.2, 0.25) is 0 Å². The van der Waals surface area contributed by atoms with Gasteiger partial charge in [0.05, 0.1) is 0 Å². The molecule has 4 aromatic rings. The number of aryl methyl sites for hydroxylation is 4. The number of hydrogen-bond donors (Lipinski definition) is 0. The van der Waals surface area contributed by atoms with Crippen LogP contribution in [0.4, 0.5) is 0 Å². The van der Waals surface area contributed by atoms with Gasteiger partial charge in [-0.1, -0.05) is 48.5 Å². The molecule has 2 heteroatoms. The molecule has 0 saturated carbocycles. The van der Waals surface area contributed by atoms with Crippen LogP contribution in [0.5, 0.6) is 0 Å². The molecule has 0 radical (unpaired) electrons. The number of nitrogens with zero attached hydrogens (tertiary/aromatic N) is 2. The third-order valence-electron chi connectivity index (χ3n) is 9.21. The van der Waals surface area contributed by atoms with Gasteiger partial charge in [0.1, 0.15) is 0 Å². The first-order valence-electron chi connectivity index (χ1n) is 14.2. The molecular weight excluding hydrogens is 448 g/mol. The Morgan fingerprint density at radius 2 is 0.946 bits per heavy atom. The highest BCUT2D eigenvalue weighted by Gasteiger charge is 2.15. The van der Waals surface area contributed by atoms with Crippen molar-refractivity contribution >= 4 is 21.5 Å². The lowest BCUT2D eigenvalue weighted by Crippen LogP contribution is -2.33. The van der Waals surface area contributed by atoms with Crippen LogP contribution in [0.3, 0.4) is 0 Å². The van der Waals surface area contributed by atoms with E-state index in [1.165, 1.54) is 98.7 Å². The minimum Gasteiger partial charge on any atom is -0.302 e. The number of fused-ring (bicyclic) bond motifs is 2. The number of hydrogen-bond acceptors (Lipinski definition) is 2. The third kappa shape index (κ3) is 5.61. The quantitative estimate of drug-likeness (QED) is 0.273. The van der Waals surface area contributed by atoms with Gasteiger partial charge in [-0.3, -0.25) is 0 Å². The van der Waals surface area contributed by atoms with Gasteiger partial charge in [-0.25, -0.2) is 0 Å². The van der Waals surface area contributed by atoms with Gasteiger partial charge in [0, 0.05) is 26.2 Å². The maximum atomic E-state index is 2.68. The van der Waals surface area contributed by atoms with Crippen LogP contribution in [0.1, 0.15) is 50.9 Å². The molecule has 2 nitrogen and oxygen atoms in total. The summed E-state index contributed by atoms with van der Waals surface area (Å²) in [6, 6.07) is 19.0. The highest BCUT2D eigenvalue weighted by atomic mass is 15.2. The molecule has 0 atom stereocenters. The van der Waals surface area contributed by atoms with E-state index in [1.54, 1.807) is 0 Å². The molecule has 1 saturated heterocycles. The summed E-state index contributed by atoms with van der Waals surface area (Å²) in [7, 11) is 0. The lowest BCUT2D eigenvalue weighted by molar-refractivity contribution is 0.260. The van der Waals surface area contributed by atoms with E-state index < -0.39 is 0 Å². The molecular formula is C35H44N2. The number of benzene rings is 4. The van der Waals surface area contributed by atoms with E-state index in [2.05, 4.69) is 99.9 Å². The lowest BCUT2D eigenvalue weighted by atomic mass is 9.95. The summed E-state index contributed by atoms with van der Waals surface area (Å²) in [5.41, 5.74) is 11.4. The zero-order valence-corrected chi connectivity index (χ0v) is 23.9. The van der Waals surface area contributed by atoms with Crippen molar-refractivity contribution in [2.24, 2.45) is 0 Å². The van der Waals surface area contributed by atoms with E-state index in [0.717, 1.165) is 25.9 Å². The van der Waals surface area contributed by atoms with Gasteiger partial charge < -0.3 is 9.80 Å². The molecule has 5 rings (SSSR count). The first-order chi connectivity index (χ1) is 17.8. The van der Waals surface area contributed by atoms with E-state index in [1.807, 2.05) is 0 Å². The highest BCUT2D eigenvalue weighted by molar-refractivity contribution is 5.89. The summed E-state index contributed by atoms with van der Waals surface area (Å²) in [5, 5.41) is 5.61. The van der Waals surface area contributed by atoms with Crippen LogP contribution in [0.25, 0.3) is 21.5 Å². The first kappa shape index (κ1) is 25.9. The standard InChI is InChI=1S/C35H44N2/c1-24-20-32-22-30(8-10-34(32)28(5)26(24)3)12-16-36-14-7-15-37(19-18-36)17-13-31-9-11-35-29(6)27(4)25(2)21-33(35)23-31/h8-11,20-23H,7,12-19H2,1-6H3. The van der Waals surface area contributed by atoms with Crippen LogP contribution < -0.4 is 0 Å². The maximum Gasteiger partial charge on any atom is 0.0109 e. The molecule has 0 bridgehead atoms. The fourth-order valence-electron chi connectivity index (χ4n) is 6.18. The summed E-state index contributed by atoms with van der Waals surface area (Å²) < 4.78 is 0. The average Bonchev–Trinajstić information content (AvgIpc) is 3.13. The van der Waals surface area contributed by atoms with E-state index >= 15 is 0 Å². The fraction of sp³-hybridized carbons (Fsp3) is 0.429. The van der Waals surface area contributed by atoms with Crippen LogP contribution in [0, 0.1) is 41.5 Å². The van der Waals surface area contributed by atoms with Crippen molar-refractivity contribution in [2.75, 3.05) is 39.3 Å². The van der Waals surface area contributed by atoms with Crippen molar-refractivity contribution in [3.8, 4) is 0 Å². The Kier molecular flexibility index (Phi) is 7.70. The zero-order chi connectivity index (χ0) is 26.1. The summed E-state index contributed by atoms with van der Waals surface area (Å²) >= 11 is 0. The second-order valence-corrected chi connectivity index (χ2v) is 11.5. The molecule has 0 aliphatic carbocycles. The van der Waals surface area contributed by atoms with Crippen LogP contribution >= 0.6 is 0 Å². The fourth-order valence-corrected chi connectivity index (χ4v) is 6.18. The predicted molar refractivity (Wildman–Crippen MR) is 161 cm³/mol. The molecule has 1 aliphatic heterocycles. The van der Waals surface area contributed by atoms with Crippen molar-refractivity contribution in [1.29, 1.82) is 0 Å². The van der Waals surface area contributed by atoms with Gasteiger partial charge in [-0.2, -0.15) is 0 Å². The molecule has 0 amide bonds. The molecule has 0 aromatic heterocycles. The monoisotopic (exact) mass is 492 g/mol. The van der Waals surface area contributed by atoms with Crippen molar-refractivity contribution in [1.82, 2.24) is 9.80 Å². The molecule has 0 unspecified atom stereocenters. The Balaban J connectivity index is 1.15. The maximum absolute atomic E-state index is 2.68. The van der Waals surface area contributed by atoms with Gasteiger partial charge in [-0.05, 0) is 140 Å². The van der Waals surface area contributed by atoms with Gasteiger partial charge in [0.15, 0.2) is 0 Å². The topological polar surface area (TPSA) is 6.48 Å². The summed E-state index contributed by atoms with van der Waals surface area (Å²) in [4.78, 5) is 5.36. The van der Waals surface area contributed by atoms with E-state index in [-0.39, 0.29) is 0 Å². The molecule has 1 fully saturated rings. The van der Waals surface area contributed by atoms with Gasteiger partial charge in [-0.15, -0.1) is 0 Å². The molecule has 1 aliphatic rings. The molecule has 194 valence electrons. The van der Waals surface area contributed by atoms with E-state index in [0.29, 0.717) is 0 Å². The number of rotatable bonds is 6. The van der Waals surface area contributed by atoms with Crippen molar-refractivity contribution in [3.05, 3.63) is 93.0 Å². The predicted octanol–water partition coefficient (Wildman–Crippen LogP) is 7.64. The molecule has 37 heavy (non-hydrogen) atoms. The highest BCUT2D eigenvalue weighted by Crippen LogP contribution is 2.27. The van der Waals surface area contributed by atoms with Crippen LogP contribution in [-0.4, -0.2) is 49.1 Å². The van der Waals surface area contributed by atoms with Crippen LogP contribution in [0.15, 0.2) is 48.5 Å². The Morgan fingerprint density at radius 1 is 0.514 bits per heavy atom. The van der Waals surface area contributed by atoms with Gasteiger partial charge >= 0.3 is 0 Å². The minimum absolute atomic E-state index is 1.14. The molecule has 0 spiro atoms. The average molecular weight is 493 g/mol. The second-order valence-electron chi connectivity index (χ2n) is 11.5. The minimum atomic E-state index is 1.14. The Labute approximate surface area is 224 Å². The van der Waals surface area contributed by atoms with Crippen molar-refractivity contribution < 1.29 is 0 Å². The Bertz CT molecular complexity index is 1320. The SMILES string of the molecule is Cc1cc2cc(CCN3CCCN(CCc4ccc5c(C)c(C)c(C)cc5c4)CC3)ccc2c(C)c1C. The largest absolute Gasteiger partial charge is 0.302 e. The van der Waals surface area contributed by atoms with E-state index in [9.17, 15) is 0 Å². The molecule has 4 aromatic carbocycles. The molecule has 1 heterocycles. The van der Waals surface area contributed by atoms with Gasteiger partial charge in [0.2, 0.25) is 0 Å². The Hall–Kier alpha value is -2.68. The third-order valence-corrected chi connectivity index (χ3v) is 9.21. The van der Waals surface area contributed by atoms with Crippen molar-refractivity contribution in [2.45, 2.75) is 60.8 Å². The first-order valence-corrected chi connectivity index (χ1v) is 14.2. The summed E-state index contributed by atoms with van der Waals surface area (Å²) in [6.07, 6.45) is 3.54. The second kappa shape index (κ2) is 11.0. The zero-order valence-electron chi connectivity index (χ0n) is 23.9. The normalized spacial score (nSPS) is 15.5. The summed E-state index contributed by atoms with van der Waals surface area (Å²) in [6.45, 7) is 20.6. The lowest BCUT2D eigenvalue weighted by Gasteiger charge is -2.22. The smallest absolute Gasteiger partial charge is 0.0109 e. The summed E-state index contributed by atoms with van der Waals surface area (Å²) in [5.74, 6) is 0. The van der Waals surface area contributed by atoms with Gasteiger partial charge in [0.25, 0.3) is 0 Å².